The molecular weight excluding hydrogens is 740 g/mol. The average Bonchev–Trinajstić information content (AvgIpc) is 3.17. The summed E-state index contributed by atoms with van der Waals surface area (Å²) in [7, 11) is -0.655. The molecule has 1 amide bonds. The standard InChI is InChI=1S/C41H43ClN6O6S/c1-45(2)22-8-21-43-38-20-18-35(28-39(38)48(50)51)55(52,53)44-41(49)37-19-17-33(27-40(37)54-34-10-4-3-5-11-34)47-25-23-46(24-26-47)29-31-9-6-7-12-36(31)30-13-15-32(42)16-14-30/h3-7,9-20,27-28,43H,8,21-26,29H2,1-2H3,(H,44,49). The Balaban J connectivity index is 1.17. The number of carbonyl (C=O) groups excluding carboxylic acids is 1. The molecule has 1 saturated heterocycles. The van der Waals surface area contributed by atoms with Crippen molar-refractivity contribution in [1.29, 1.82) is 0 Å². The van der Waals surface area contributed by atoms with E-state index < -0.39 is 31.4 Å². The van der Waals surface area contributed by atoms with Gasteiger partial charge in [0.1, 0.15) is 17.2 Å². The number of rotatable bonds is 15. The number of amides is 1. The number of nitrogens with one attached hydrogen (secondary N) is 2. The number of hydrogen-bond acceptors (Lipinski definition) is 10. The molecule has 12 nitrogen and oxygen atoms in total. The second-order valence-corrected chi connectivity index (χ2v) is 15.6. The summed E-state index contributed by atoms with van der Waals surface area (Å²) in [5.41, 5.74) is 4.08. The van der Waals surface area contributed by atoms with Gasteiger partial charge in [-0.2, -0.15) is 0 Å². The minimum atomic E-state index is -4.51. The molecule has 286 valence electrons. The molecule has 0 radical (unpaired) electrons. The van der Waals surface area contributed by atoms with Gasteiger partial charge in [-0.25, -0.2) is 13.1 Å². The Morgan fingerprint density at radius 1 is 0.891 bits per heavy atom. The SMILES string of the molecule is CN(C)CCCNc1ccc(S(=O)(=O)NC(=O)c2ccc(N3CCN(Cc4ccccc4-c4ccc(Cl)cc4)CC3)cc2Oc2ccccc2)cc1[N+](=O)[O-]. The largest absolute Gasteiger partial charge is 0.456 e. The zero-order valence-corrected chi connectivity index (χ0v) is 32.2. The molecule has 0 spiro atoms. The first-order valence-electron chi connectivity index (χ1n) is 17.9. The normalized spacial score (nSPS) is 13.4. The van der Waals surface area contributed by atoms with Crippen LogP contribution in [0.25, 0.3) is 11.1 Å². The summed E-state index contributed by atoms with van der Waals surface area (Å²) in [6, 6.07) is 33.7. The number of benzene rings is 5. The fourth-order valence-corrected chi connectivity index (χ4v) is 7.51. The fraction of sp³-hybridized carbons (Fsp3) is 0.244. The van der Waals surface area contributed by atoms with Gasteiger partial charge in [-0.05, 0) is 92.3 Å². The molecule has 1 heterocycles. The summed E-state index contributed by atoms with van der Waals surface area (Å²) in [4.78, 5) is 31.1. The Morgan fingerprint density at radius 3 is 2.31 bits per heavy atom. The van der Waals surface area contributed by atoms with Gasteiger partial charge in [0.15, 0.2) is 0 Å². The van der Waals surface area contributed by atoms with E-state index >= 15 is 0 Å². The summed E-state index contributed by atoms with van der Waals surface area (Å²) in [5, 5.41) is 15.6. The van der Waals surface area contributed by atoms with E-state index in [-0.39, 0.29) is 17.0 Å². The van der Waals surface area contributed by atoms with E-state index in [1.165, 1.54) is 29.3 Å². The molecule has 1 aliphatic rings. The van der Waals surface area contributed by atoms with Gasteiger partial charge in [-0.15, -0.1) is 0 Å². The van der Waals surface area contributed by atoms with Gasteiger partial charge >= 0.3 is 0 Å². The molecule has 1 aliphatic heterocycles. The van der Waals surface area contributed by atoms with Crippen molar-refractivity contribution in [2.24, 2.45) is 0 Å². The number of anilines is 2. The van der Waals surface area contributed by atoms with E-state index in [1.54, 1.807) is 36.4 Å². The van der Waals surface area contributed by atoms with Gasteiger partial charge in [0.05, 0.1) is 15.4 Å². The highest BCUT2D eigenvalue weighted by Crippen LogP contribution is 2.33. The Hall–Kier alpha value is -5.47. The Bertz CT molecular complexity index is 2230. The highest BCUT2D eigenvalue weighted by atomic mass is 35.5. The number of ether oxygens (including phenoxy) is 1. The Labute approximate surface area is 326 Å². The predicted molar refractivity (Wildman–Crippen MR) is 217 cm³/mol. The second kappa shape index (κ2) is 17.8. The number of piperazine rings is 1. The quantitative estimate of drug-likeness (QED) is 0.0624. The molecule has 14 heteroatoms. The van der Waals surface area contributed by atoms with Crippen LogP contribution in [-0.4, -0.2) is 82.4 Å². The van der Waals surface area contributed by atoms with Gasteiger partial charge in [-0.1, -0.05) is 66.2 Å². The molecule has 6 rings (SSSR count). The van der Waals surface area contributed by atoms with Crippen LogP contribution < -0.4 is 19.7 Å². The lowest BCUT2D eigenvalue weighted by Crippen LogP contribution is -2.46. The summed E-state index contributed by atoms with van der Waals surface area (Å²) in [6.07, 6.45) is 0.726. The van der Waals surface area contributed by atoms with Gasteiger partial charge < -0.3 is 19.9 Å². The van der Waals surface area contributed by atoms with E-state index in [9.17, 15) is 23.3 Å². The minimum absolute atomic E-state index is 0.0118. The summed E-state index contributed by atoms with van der Waals surface area (Å²) >= 11 is 6.13. The van der Waals surface area contributed by atoms with Crippen molar-refractivity contribution in [2.75, 3.05) is 63.6 Å². The van der Waals surface area contributed by atoms with Gasteiger partial charge in [0, 0.05) is 62.1 Å². The molecular formula is C41H43ClN6O6S. The van der Waals surface area contributed by atoms with E-state index in [2.05, 4.69) is 38.0 Å². The number of carbonyl (C=O) groups is 1. The molecule has 5 aromatic rings. The third-order valence-corrected chi connectivity index (χ3v) is 10.9. The molecule has 0 unspecified atom stereocenters. The van der Waals surface area contributed by atoms with E-state index in [4.69, 9.17) is 16.3 Å². The summed E-state index contributed by atoms with van der Waals surface area (Å²) in [5.74, 6) is -0.306. The van der Waals surface area contributed by atoms with Crippen molar-refractivity contribution < 1.29 is 22.9 Å². The van der Waals surface area contributed by atoms with Crippen LogP contribution in [0.4, 0.5) is 17.1 Å². The highest BCUT2D eigenvalue weighted by Gasteiger charge is 2.27. The highest BCUT2D eigenvalue weighted by molar-refractivity contribution is 7.90. The maximum absolute atomic E-state index is 13.7. The Kier molecular flexibility index (Phi) is 12.7. The van der Waals surface area contributed by atoms with Crippen molar-refractivity contribution >= 4 is 44.6 Å². The lowest BCUT2D eigenvalue weighted by molar-refractivity contribution is -0.384. The molecule has 0 aromatic heterocycles. The van der Waals surface area contributed by atoms with Gasteiger partial charge in [0.2, 0.25) is 0 Å². The van der Waals surface area contributed by atoms with Crippen molar-refractivity contribution in [3.8, 4) is 22.6 Å². The van der Waals surface area contributed by atoms with Gasteiger partial charge in [-0.3, -0.25) is 19.8 Å². The third kappa shape index (κ3) is 10.2. The molecule has 0 bridgehead atoms. The Morgan fingerprint density at radius 2 is 1.60 bits per heavy atom. The number of nitrogens with zero attached hydrogens (tertiary/aromatic N) is 4. The van der Waals surface area contributed by atoms with Crippen LogP contribution >= 0.6 is 11.6 Å². The number of para-hydroxylation sites is 1. The summed E-state index contributed by atoms with van der Waals surface area (Å²) < 4.78 is 35.2. The predicted octanol–water partition coefficient (Wildman–Crippen LogP) is 7.51. The molecule has 5 aromatic carbocycles. The van der Waals surface area contributed by atoms with Crippen LogP contribution in [0.15, 0.2) is 120 Å². The monoisotopic (exact) mass is 782 g/mol. The number of nitro groups is 1. The molecule has 1 fully saturated rings. The first-order chi connectivity index (χ1) is 26.5. The first-order valence-corrected chi connectivity index (χ1v) is 19.8. The van der Waals surface area contributed by atoms with Crippen molar-refractivity contribution in [3.63, 3.8) is 0 Å². The lowest BCUT2D eigenvalue weighted by atomic mass is 9.99. The van der Waals surface area contributed by atoms with Crippen LogP contribution in [0.1, 0.15) is 22.3 Å². The first kappa shape index (κ1) is 39.2. The van der Waals surface area contributed by atoms with Crippen molar-refractivity contribution in [2.45, 2.75) is 17.9 Å². The number of hydrogen-bond donors (Lipinski definition) is 2. The number of halogens is 1. The van der Waals surface area contributed by atoms with E-state index in [0.717, 1.165) is 49.9 Å². The minimum Gasteiger partial charge on any atom is -0.456 e. The summed E-state index contributed by atoms with van der Waals surface area (Å²) in [6.45, 7) is 5.02. The van der Waals surface area contributed by atoms with E-state index in [1.807, 2.05) is 55.4 Å². The zero-order chi connectivity index (χ0) is 39.0. The van der Waals surface area contributed by atoms with Crippen molar-refractivity contribution in [3.05, 3.63) is 142 Å². The third-order valence-electron chi connectivity index (χ3n) is 9.29. The number of sulfonamides is 1. The maximum atomic E-state index is 13.7. The molecule has 55 heavy (non-hydrogen) atoms. The zero-order valence-electron chi connectivity index (χ0n) is 30.7. The average molecular weight is 783 g/mol. The second-order valence-electron chi connectivity index (χ2n) is 13.5. The van der Waals surface area contributed by atoms with E-state index in [0.29, 0.717) is 30.4 Å². The smallest absolute Gasteiger partial charge is 0.293 e. The number of nitro benzene ring substituents is 1. The van der Waals surface area contributed by atoms with Crippen molar-refractivity contribution in [1.82, 2.24) is 14.5 Å². The maximum Gasteiger partial charge on any atom is 0.293 e. The van der Waals surface area contributed by atoms with Crippen LogP contribution in [0.2, 0.25) is 5.02 Å². The van der Waals surface area contributed by atoms with Crippen LogP contribution in [0, 0.1) is 10.1 Å². The van der Waals surface area contributed by atoms with Crippen LogP contribution in [-0.2, 0) is 16.6 Å². The fourth-order valence-electron chi connectivity index (χ4n) is 6.40. The molecule has 0 saturated carbocycles. The molecule has 0 aliphatic carbocycles. The van der Waals surface area contributed by atoms with Crippen LogP contribution in [0.3, 0.4) is 0 Å². The van der Waals surface area contributed by atoms with Gasteiger partial charge in [0.25, 0.3) is 21.6 Å². The topological polar surface area (TPSA) is 137 Å². The molecule has 0 atom stereocenters. The lowest BCUT2D eigenvalue weighted by Gasteiger charge is -2.36. The molecule has 2 N–H and O–H groups in total. The van der Waals surface area contributed by atoms with Crippen LogP contribution in [0.5, 0.6) is 11.5 Å².